The third kappa shape index (κ3) is 2.69. The summed E-state index contributed by atoms with van der Waals surface area (Å²) in [6.07, 6.45) is -1.74. The predicted molar refractivity (Wildman–Crippen MR) is 90.8 cm³/mol. The molecule has 2 aliphatic rings. The van der Waals surface area contributed by atoms with Crippen molar-refractivity contribution in [1.29, 1.82) is 0 Å². The van der Waals surface area contributed by atoms with Gasteiger partial charge in [-0.25, -0.2) is 4.79 Å². The number of morpholine rings is 1. The van der Waals surface area contributed by atoms with Crippen LogP contribution in [0.1, 0.15) is 5.56 Å². The molecule has 8 nitrogen and oxygen atoms in total. The van der Waals surface area contributed by atoms with E-state index >= 15 is 0 Å². The Morgan fingerprint density at radius 1 is 1.15 bits per heavy atom. The molecule has 2 aliphatic heterocycles. The minimum atomic E-state index is -1.28. The maximum absolute atomic E-state index is 11.6. The normalized spacial score (nSPS) is 27.3. The standard InChI is InChI=1S/C18H16N2O6/c21-17(22)16-15-10-19(13-4-2-1-3-5-13)11-18(25-15,26-16)12-6-8-14(9-7-12)20(23)24/h1-9,15-16H,10-11H2,(H,21,22)/t15-,16-,18-/m1/s1. The summed E-state index contributed by atoms with van der Waals surface area (Å²) in [5.74, 6) is -2.37. The molecule has 26 heavy (non-hydrogen) atoms. The van der Waals surface area contributed by atoms with Crippen molar-refractivity contribution in [3.63, 3.8) is 0 Å². The Hall–Kier alpha value is -2.97. The number of nitrogens with zero attached hydrogens (tertiary/aromatic N) is 2. The fourth-order valence-corrected chi connectivity index (χ4v) is 3.47. The predicted octanol–water partition coefficient (Wildman–Crippen LogP) is 2.14. The van der Waals surface area contributed by atoms with E-state index in [1.54, 1.807) is 12.1 Å². The molecule has 4 rings (SSSR count). The van der Waals surface area contributed by atoms with E-state index in [2.05, 4.69) is 0 Å². The average molecular weight is 356 g/mol. The van der Waals surface area contributed by atoms with Gasteiger partial charge in [0.2, 0.25) is 5.79 Å². The van der Waals surface area contributed by atoms with Gasteiger partial charge in [0.05, 0.1) is 11.5 Å². The van der Waals surface area contributed by atoms with E-state index in [9.17, 15) is 20.0 Å². The van der Waals surface area contributed by atoms with Crippen molar-refractivity contribution in [3.8, 4) is 0 Å². The molecule has 0 amide bonds. The highest BCUT2D eigenvalue weighted by Gasteiger charge is 2.56. The number of benzene rings is 2. The summed E-state index contributed by atoms with van der Waals surface area (Å²) in [6.45, 7) is 0.671. The van der Waals surface area contributed by atoms with E-state index in [-0.39, 0.29) is 12.2 Å². The number of rotatable bonds is 4. The summed E-state index contributed by atoms with van der Waals surface area (Å²) < 4.78 is 11.8. The van der Waals surface area contributed by atoms with Crippen LogP contribution in [-0.2, 0) is 20.1 Å². The number of carboxylic acid groups (broad SMARTS) is 1. The van der Waals surface area contributed by atoms with Crippen LogP contribution in [0.2, 0.25) is 0 Å². The van der Waals surface area contributed by atoms with Gasteiger partial charge in [-0.05, 0) is 24.3 Å². The highest BCUT2D eigenvalue weighted by Crippen LogP contribution is 2.43. The number of carboxylic acids is 1. The Morgan fingerprint density at radius 3 is 2.46 bits per heavy atom. The molecular formula is C18H16N2O6. The van der Waals surface area contributed by atoms with Crippen molar-refractivity contribution in [2.24, 2.45) is 0 Å². The van der Waals surface area contributed by atoms with Gasteiger partial charge in [0.1, 0.15) is 6.10 Å². The number of anilines is 1. The lowest BCUT2D eigenvalue weighted by atomic mass is 10.0. The molecule has 0 saturated carbocycles. The molecule has 2 heterocycles. The van der Waals surface area contributed by atoms with Crippen LogP contribution in [0.4, 0.5) is 11.4 Å². The van der Waals surface area contributed by atoms with Gasteiger partial charge < -0.3 is 19.5 Å². The number of nitro benzene ring substituents is 1. The van der Waals surface area contributed by atoms with Crippen LogP contribution in [0, 0.1) is 10.1 Å². The third-order valence-corrected chi connectivity index (χ3v) is 4.68. The average Bonchev–Trinajstić information content (AvgIpc) is 2.94. The van der Waals surface area contributed by atoms with Crippen LogP contribution in [0.15, 0.2) is 54.6 Å². The lowest BCUT2D eigenvalue weighted by Gasteiger charge is -2.39. The van der Waals surface area contributed by atoms with Crippen molar-refractivity contribution in [2.45, 2.75) is 18.0 Å². The Morgan fingerprint density at radius 2 is 1.85 bits per heavy atom. The van der Waals surface area contributed by atoms with E-state index in [1.165, 1.54) is 12.1 Å². The van der Waals surface area contributed by atoms with Crippen molar-refractivity contribution in [1.82, 2.24) is 0 Å². The first kappa shape index (κ1) is 16.5. The molecule has 0 radical (unpaired) electrons. The zero-order chi connectivity index (χ0) is 18.3. The number of non-ortho nitro benzene ring substituents is 1. The number of hydrogen-bond acceptors (Lipinski definition) is 6. The summed E-state index contributed by atoms with van der Waals surface area (Å²) in [4.78, 5) is 24.0. The minimum Gasteiger partial charge on any atom is -0.479 e. The van der Waals surface area contributed by atoms with Gasteiger partial charge in [-0.3, -0.25) is 10.1 Å². The molecule has 0 aliphatic carbocycles. The van der Waals surface area contributed by atoms with Crippen molar-refractivity contribution in [2.75, 3.05) is 18.0 Å². The van der Waals surface area contributed by atoms with E-state index in [4.69, 9.17) is 9.47 Å². The highest BCUT2D eigenvalue weighted by atomic mass is 16.8. The van der Waals surface area contributed by atoms with Crippen LogP contribution in [-0.4, -0.2) is 41.3 Å². The maximum Gasteiger partial charge on any atom is 0.335 e. The molecule has 134 valence electrons. The van der Waals surface area contributed by atoms with Crippen molar-refractivity contribution in [3.05, 3.63) is 70.3 Å². The zero-order valence-electron chi connectivity index (χ0n) is 13.6. The van der Waals surface area contributed by atoms with Crippen LogP contribution < -0.4 is 4.90 Å². The van der Waals surface area contributed by atoms with Gasteiger partial charge >= 0.3 is 5.97 Å². The van der Waals surface area contributed by atoms with Crippen LogP contribution in [0.25, 0.3) is 0 Å². The first-order chi connectivity index (χ1) is 12.5. The van der Waals surface area contributed by atoms with Gasteiger partial charge in [0, 0.05) is 29.9 Å². The zero-order valence-corrected chi connectivity index (χ0v) is 13.6. The van der Waals surface area contributed by atoms with Gasteiger partial charge in [0.15, 0.2) is 6.10 Å². The lowest BCUT2D eigenvalue weighted by molar-refractivity contribution is -0.384. The number of nitro groups is 1. The number of hydrogen-bond donors (Lipinski definition) is 1. The highest BCUT2D eigenvalue weighted by molar-refractivity contribution is 5.74. The van der Waals surface area contributed by atoms with E-state index in [0.717, 1.165) is 5.69 Å². The molecule has 2 aromatic carbocycles. The fourth-order valence-electron chi connectivity index (χ4n) is 3.47. The number of fused-ring (bicyclic) bond motifs is 2. The summed E-state index contributed by atoms with van der Waals surface area (Å²) in [5.41, 5.74) is 1.43. The molecule has 3 atom stereocenters. The van der Waals surface area contributed by atoms with Gasteiger partial charge in [-0.2, -0.15) is 0 Å². The molecule has 0 aromatic heterocycles. The Bertz CT molecular complexity index is 841. The summed E-state index contributed by atoms with van der Waals surface area (Å²) in [6, 6.07) is 15.4. The van der Waals surface area contributed by atoms with Crippen molar-refractivity contribution >= 4 is 17.3 Å². The molecule has 2 fully saturated rings. The maximum atomic E-state index is 11.6. The summed E-state index contributed by atoms with van der Waals surface area (Å²) in [7, 11) is 0. The van der Waals surface area contributed by atoms with E-state index in [1.807, 2.05) is 35.2 Å². The minimum absolute atomic E-state index is 0.0507. The number of carbonyl (C=O) groups is 1. The first-order valence-corrected chi connectivity index (χ1v) is 8.12. The number of ether oxygens (including phenoxy) is 2. The first-order valence-electron chi connectivity index (χ1n) is 8.12. The molecule has 2 bridgehead atoms. The largest absolute Gasteiger partial charge is 0.479 e. The quantitative estimate of drug-likeness (QED) is 0.661. The van der Waals surface area contributed by atoms with Crippen molar-refractivity contribution < 1.29 is 24.3 Å². The fraction of sp³-hybridized carbons (Fsp3) is 0.278. The molecule has 0 unspecified atom stereocenters. The van der Waals surface area contributed by atoms with Gasteiger partial charge in [-0.1, -0.05) is 18.2 Å². The second kappa shape index (κ2) is 6.08. The lowest BCUT2D eigenvalue weighted by Crippen LogP contribution is -2.50. The SMILES string of the molecule is O=C(O)[C@@H]1O[C@@]2(c3ccc([N+](=O)[O-])cc3)CN(c3ccccc3)C[C@H]1O2. The van der Waals surface area contributed by atoms with E-state index in [0.29, 0.717) is 12.1 Å². The molecule has 0 spiro atoms. The molecule has 1 N–H and O–H groups in total. The summed E-state index contributed by atoms with van der Waals surface area (Å²) in [5, 5.41) is 20.4. The third-order valence-electron chi connectivity index (χ3n) is 4.68. The smallest absolute Gasteiger partial charge is 0.335 e. The van der Waals surface area contributed by atoms with Gasteiger partial charge in [0.25, 0.3) is 5.69 Å². The van der Waals surface area contributed by atoms with Crippen LogP contribution in [0.5, 0.6) is 0 Å². The number of para-hydroxylation sites is 1. The second-order valence-corrected chi connectivity index (χ2v) is 6.31. The Kier molecular flexibility index (Phi) is 3.86. The van der Waals surface area contributed by atoms with Crippen LogP contribution in [0.3, 0.4) is 0 Å². The number of aliphatic carboxylic acids is 1. The Balaban J connectivity index is 1.72. The summed E-state index contributed by atoms with van der Waals surface area (Å²) >= 11 is 0. The molecular weight excluding hydrogens is 340 g/mol. The topological polar surface area (TPSA) is 102 Å². The van der Waals surface area contributed by atoms with Crippen LogP contribution >= 0.6 is 0 Å². The molecule has 8 heteroatoms. The molecule has 2 aromatic rings. The monoisotopic (exact) mass is 356 g/mol. The Labute approximate surface area is 148 Å². The van der Waals surface area contributed by atoms with Gasteiger partial charge in [-0.15, -0.1) is 0 Å². The second-order valence-electron chi connectivity index (χ2n) is 6.31. The van der Waals surface area contributed by atoms with E-state index < -0.39 is 28.9 Å². The molecule has 2 saturated heterocycles.